The predicted molar refractivity (Wildman–Crippen MR) is 89.3 cm³/mol. The molecule has 0 unspecified atom stereocenters. The Morgan fingerprint density at radius 3 is 2.32 bits per heavy atom. The van der Waals surface area contributed by atoms with Gasteiger partial charge in [0, 0.05) is 10.9 Å². The number of hydrogen-bond donors (Lipinski definition) is 2. The molecule has 0 heterocycles. The molecule has 0 fully saturated rings. The summed E-state index contributed by atoms with van der Waals surface area (Å²) in [5.74, 6) is 0.0383. The fraction of sp³-hybridized carbons (Fsp3) is 0.500. The average Bonchev–Trinajstić information content (AvgIpc) is 2.52. The molecular weight excluding hydrogens is 348 g/mol. The number of amides is 2. The smallest absolute Gasteiger partial charge is 0.276 e. The van der Waals surface area contributed by atoms with Gasteiger partial charge in [-0.2, -0.15) is 0 Å². The van der Waals surface area contributed by atoms with Crippen LogP contribution < -0.4 is 15.6 Å². The van der Waals surface area contributed by atoms with E-state index < -0.39 is 0 Å². The first-order valence-electron chi connectivity index (χ1n) is 7.58. The van der Waals surface area contributed by atoms with Crippen molar-refractivity contribution in [2.75, 3.05) is 6.61 Å². The van der Waals surface area contributed by atoms with Gasteiger partial charge < -0.3 is 4.74 Å². The number of ether oxygens (including phenoxy) is 1. The second kappa shape index (κ2) is 11.1. The molecule has 0 spiro atoms. The van der Waals surface area contributed by atoms with Gasteiger partial charge >= 0.3 is 0 Å². The molecule has 0 aliphatic heterocycles. The minimum atomic E-state index is -0.387. The number of carbonyl (C=O) groups excluding carboxylic acids is 2. The molecule has 6 heteroatoms. The van der Waals surface area contributed by atoms with E-state index in [4.69, 9.17) is 4.74 Å². The van der Waals surface area contributed by atoms with Crippen molar-refractivity contribution in [3.63, 3.8) is 0 Å². The summed E-state index contributed by atoms with van der Waals surface area (Å²) in [7, 11) is 0. The number of benzene rings is 1. The molecule has 0 bridgehead atoms. The summed E-state index contributed by atoms with van der Waals surface area (Å²) < 4.78 is 6.24. The normalized spacial score (nSPS) is 10.1. The molecule has 5 nitrogen and oxygen atoms in total. The molecule has 1 aromatic rings. The van der Waals surface area contributed by atoms with Gasteiger partial charge in [-0.3, -0.25) is 20.4 Å². The zero-order chi connectivity index (χ0) is 16.2. The topological polar surface area (TPSA) is 67.4 Å². The van der Waals surface area contributed by atoms with Gasteiger partial charge in [0.15, 0.2) is 6.61 Å². The van der Waals surface area contributed by atoms with Gasteiger partial charge in [-0.1, -0.05) is 48.5 Å². The summed E-state index contributed by atoms with van der Waals surface area (Å²) in [5, 5.41) is 0. The summed E-state index contributed by atoms with van der Waals surface area (Å²) in [5.41, 5.74) is 4.74. The van der Waals surface area contributed by atoms with Gasteiger partial charge in [-0.25, -0.2) is 0 Å². The second-order valence-electron chi connectivity index (χ2n) is 5.00. The van der Waals surface area contributed by atoms with E-state index in [1.165, 1.54) is 12.8 Å². The summed E-state index contributed by atoms with van der Waals surface area (Å²) in [6.07, 6.45) is 5.85. The van der Waals surface area contributed by atoms with Crippen molar-refractivity contribution >= 4 is 27.7 Å². The van der Waals surface area contributed by atoms with Crippen LogP contribution in [0.2, 0.25) is 0 Å². The third kappa shape index (κ3) is 8.67. The van der Waals surface area contributed by atoms with E-state index >= 15 is 0 Å². The maximum atomic E-state index is 11.5. The van der Waals surface area contributed by atoms with Crippen LogP contribution in [0.3, 0.4) is 0 Å². The Morgan fingerprint density at radius 1 is 1.00 bits per heavy atom. The van der Waals surface area contributed by atoms with E-state index in [-0.39, 0.29) is 18.4 Å². The quantitative estimate of drug-likeness (QED) is 0.517. The van der Waals surface area contributed by atoms with Gasteiger partial charge in [-0.05, 0) is 30.7 Å². The number of unbranched alkanes of at least 4 members (excludes halogenated alkanes) is 4. The maximum absolute atomic E-state index is 11.5. The number of halogens is 1. The maximum Gasteiger partial charge on any atom is 0.276 e. The van der Waals surface area contributed by atoms with E-state index in [1.54, 1.807) is 12.1 Å². The molecule has 122 valence electrons. The van der Waals surface area contributed by atoms with Crippen LogP contribution in [0.4, 0.5) is 0 Å². The summed E-state index contributed by atoms with van der Waals surface area (Å²) >= 11 is 3.32. The molecule has 0 atom stereocenters. The molecule has 22 heavy (non-hydrogen) atoms. The highest BCUT2D eigenvalue weighted by molar-refractivity contribution is 9.10. The van der Waals surface area contributed by atoms with Gasteiger partial charge in [0.25, 0.3) is 5.91 Å². The lowest BCUT2D eigenvalue weighted by molar-refractivity contribution is -0.130. The van der Waals surface area contributed by atoms with Crippen molar-refractivity contribution in [2.24, 2.45) is 0 Å². The number of nitrogens with one attached hydrogen (secondary N) is 2. The number of carbonyl (C=O) groups is 2. The van der Waals surface area contributed by atoms with E-state index in [9.17, 15) is 9.59 Å². The van der Waals surface area contributed by atoms with Crippen LogP contribution >= 0.6 is 15.9 Å². The Balaban J connectivity index is 2.09. The van der Waals surface area contributed by atoms with Crippen LogP contribution in [-0.4, -0.2) is 18.4 Å². The molecular formula is C16H23BrN2O3. The molecule has 1 rings (SSSR count). The Bertz CT molecular complexity index is 463. The highest BCUT2D eigenvalue weighted by Gasteiger charge is 2.05. The van der Waals surface area contributed by atoms with Crippen molar-refractivity contribution in [2.45, 2.75) is 45.4 Å². The SMILES string of the molecule is CCCCCCCC(=O)NNC(=O)COc1ccc(Br)cc1. The van der Waals surface area contributed by atoms with Gasteiger partial charge in [0.1, 0.15) is 5.75 Å². The van der Waals surface area contributed by atoms with E-state index in [0.717, 1.165) is 23.7 Å². The minimum absolute atomic E-state index is 0.140. The first-order chi connectivity index (χ1) is 10.6. The molecule has 2 amide bonds. The van der Waals surface area contributed by atoms with Gasteiger partial charge in [-0.15, -0.1) is 0 Å². The molecule has 0 aliphatic carbocycles. The summed E-state index contributed by atoms with van der Waals surface area (Å²) in [6.45, 7) is 2.01. The fourth-order valence-corrected chi connectivity index (χ4v) is 2.07. The Hall–Kier alpha value is -1.56. The van der Waals surface area contributed by atoms with E-state index in [2.05, 4.69) is 33.7 Å². The fourth-order valence-electron chi connectivity index (χ4n) is 1.81. The highest BCUT2D eigenvalue weighted by atomic mass is 79.9. The van der Waals surface area contributed by atoms with Gasteiger partial charge in [0.2, 0.25) is 5.91 Å². The molecule has 0 radical (unpaired) electrons. The summed E-state index contributed by atoms with van der Waals surface area (Å²) in [6, 6.07) is 7.17. The average molecular weight is 371 g/mol. The molecule has 0 aromatic heterocycles. The van der Waals surface area contributed by atoms with Crippen molar-refractivity contribution in [3.8, 4) is 5.75 Å². The monoisotopic (exact) mass is 370 g/mol. The number of hydrazine groups is 1. The molecule has 0 saturated carbocycles. The van der Waals surface area contributed by atoms with Crippen LogP contribution in [0.5, 0.6) is 5.75 Å². The largest absolute Gasteiger partial charge is 0.484 e. The first kappa shape index (κ1) is 18.5. The van der Waals surface area contributed by atoms with Crippen LogP contribution in [-0.2, 0) is 9.59 Å². The predicted octanol–water partition coefficient (Wildman–Crippen LogP) is 3.34. The standard InChI is InChI=1S/C16H23BrN2O3/c1-2-3-4-5-6-7-15(20)18-19-16(21)12-22-14-10-8-13(17)9-11-14/h8-11H,2-7,12H2,1H3,(H,18,20)(H,19,21). The zero-order valence-corrected chi connectivity index (χ0v) is 14.4. The molecule has 0 aliphatic rings. The zero-order valence-electron chi connectivity index (χ0n) is 12.9. The van der Waals surface area contributed by atoms with Gasteiger partial charge in [0.05, 0.1) is 0 Å². The highest BCUT2D eigenvalue weighted by Crippen LogP contribution is 2.15. The third-order valence-corrected chi connectivity index (χ3v) is 3.56. The Morgan fingerprint density at radius 2 is 1.64 bits per heavy atom. The second-order valence-corrected chi connectivity index (χ2v) is 5.92. The van der Waals surface area contributed by atoms with Crippen LogP contribution in [0.1, 0.15) is 45.4 Å². The Labute approximate surface area is 139 Å². The van der Waals surface area contributed by atoms with Crippen LogP contribution in [0.15, 0.2) is 28.7 Å². The molecule has 0 saturated heterocycles. The van der Waals surface area contributed by atoms with Crippen LogP contribution in [0.25, 0.3) is 0 Å². The number of hydrogen-bond acceptors (Lipinski definition) is 3. The summed E-state index contributed by atoms with van der Waals surface area (Å²) in [4.78, 5) is 23.1. The lowest BCUT2D eigenvalue weighted by atomic mass is 10.1. The molecule has 2 N–H and O–H groups in total. The van der Waals surface area contributed by atoms with Crippen LogP contribution in [0, 0.1) is 0 Å². The minimum Gasteiger partial charge on any atom is -0.484 e. The van der Waals surface area contributed by atoms with Crippen molar-refractivity contribution < 1.29 is 14.3 Å². The first-order valence-corrected chi connectivity index (χ1v) is 8.37. The van der Waals surface area contributed by atoms with Crippen molar-refractivity contribution in [1.29, 1.82) is 0 Å². The molecule has 1 aromatic carbocycles. The van der Waals surface area contributed by atoms with Crippen molar-refractivity contribution in [1.82, 2.24) is 10.9 Å². The lowest BCUT2D eigenvalue weighted by Crippen LogP contribution is -2.43. The Kier molecular flexibility index (Phi) is 9.30. The third-order valence-electron chi connectivity index (χ3n) is 3.03. The van der Waals surface area contributed by atoms with E-state index in [0.29, 0.717) is 12.2 Å². The van der Waals surface area contributed by atoms with Crippen molar-refractivity contribution in [3.05, 3.63) is 28.7 Å². The number of rotatable bonds is 9. The lowest BCUT2D eigenvalue weighted by Gasteiger charge is -2.09. The van der Waals surface area contributed by atoms with E-state index in [1.807, 2.05) is 12.1 Å².